The van der Waals surface area contributed by atoms with Crippen molar-refractivity contribution in [1.29, 1.82) is 0 Å². The maximum atomic E-state index is 13.0. The third-order valence-corrected chi connectivity index (χ3v) is 6.35. The fourth-order valence-corrected chi connectivity index (χ4v) is 3.72. The van der Waals surface area contributed by atoms with Gasteiger partial charge in [-0.25, -0.2) is 4.79 Å². The van der Waals surface area contributed by atoms with Crippen LogP contribution in [-0.4, -0.2) is 48.7 Å². The Hall–Kier alpha value is -2.23. The molecule has 0 aliphatic carbocycles. The molecule has 0 spiro atoms. The quantitative estimate of drug-likeness (QED) is 0.286. The van der Waals surface area contributed by atoms with Gasteiger partial charge in [0.1, 0.15) is 12.2 Å². The number of benzene rings is 1. The molecule has 0 radical (unpaired) electrons. The molecule has 1 aromatic carbocycles. The van der Waals surface area contributed by atoms with Crippen molar-refractivity contribution in [2.75, 3.05) is 6.54 Å². The lowest BCUT2D eigenvalue weighted by atomic mass is 9.79. The van der Waals surface area contributed by atoms with Crippen molar-refractivity contribution in [2.24, 2.45) is 22.6 Å². The molecule has 2 atom stereocenters. The standard InChI is InChI=1S/C26H41BN2O6/c1-24(2,3)33-22(30)21(17-29-23(31)32-18-19-12-9-8-10-13-19)20(16-28)14-11-15-27-34-25(4,5)26(6,7)35-27/h8-10,12-13,17,20-21H,11,14-16,18,28H2,1-7H3/b29-17+/t20-,21?/m0/s1. The molecule has 1 amide bonds. The number of hydrogen-bond donors (Lipinski definition) is 1. The molecule has 1 aliphatic rings. The molecular weight excluding hydrogens is 447 g/mol. The first kappa shape index (κ1) is 29.0. The number of nitrogens with zero attached hydrogens (tertiary/aromatic N) is 1. The number of nitrogens with two attached hydrogens (primary N) is 1. The van der Waals surface area contributed by atoms with Crippen molar-refractivity contribution >= 4 is 25.4 Å². The van der Waals surface area contributed by atoms with E-state index in [4.69, 9.17) is 24.5 Å². The van der Waals surface area contributed by atoms with Crippen molar-refractivity contribution in [3.63, 3.8) is 0 Å². The zero-order valence-corrected chi connectivity index (χ0v) is 22.2. The number of esters is 1. The normalized spacial score (nSPS) is 18.9. The van der Waals surface area contributed by atoms with Gasteiger partial charge >= 0.3 is 19.2 Å². The largest absolute Gasteiger partial charge is 0.459 e. The van der Waals surface area contributed by atoms with Crippen LogP contribution in [-0.2, 0) is 30.2 Å². The van der Waals surface area contributed by atoms with Gasteiger partial charge in [0.05, 0.1) is 17.1 Å². The second-order valence-electron chi connectivity index (χ2n) is 11.0. The van der Waals surface area contributed by atoms with Crippen LogP contribution in [0.1, 0.15) is 66.9 Å². The summed E-state index contributed by atoms with van der Waals surface area (Å²) in [6.45, 7) is 13.8. The summed E-state index contributed by atoms with van der Waals surface area (Å²) in [5.41, 5.74) is 5.43. The zero-order valence-electron chi connectivity index (χ0n) is 22.2. The molecule has 2 N–H and O–H groups in total. The van der Waals surface area contributed by atoms with Gasteiger partial charge in [0, 0.05) is 6.21 Å². The lowest BCUT2D eigenvalue weighted by Crippen LogP contribution is -2.41. The smallest absolute Gasteiger partial charge is 0.457 e. The number of amides is 1. The van der Waals surface area contributed by atoms with E-state index in [2.05, 4.69) is 4.99 Å². The highest BCUT2D eigenvalue weighted by Crippen LogP contribution is 2.38. The van der Waals surface area contributed by atoms with Crippen LogP contribution in [0.3, 0.4) is 0 Å². The molecular formula is C26H41BN2O6. The number of aliphatic imine (C=N–C) groups is 1. The summed E-state index contributed by atoms with van der Waals surface area (Å²) in [5.74, 6) is -1.51. The first-order chi connectivity index (χ1) is 16.2. The highest BCUT2D eigenvalue weighted by molar-refractivity contribution is 6.45. The summed E-state index contributed by atoms with van der Waals surface area (Å²) in [4.78, 5) is 29.1. The Morgan fingerprint density at radius 2 is 1.71 bits per heavy atom. The molecule has 1 aromatic rings. The van der Waals surface area contributed by atoms with E-state index in [1.807, 2.05) is 58.0 Å². The predicted molar refractivity (Wildman–Crippen MR) is 137 cm³/mol. The first-order valence-corrected chi connectivity index (χ1v) is 12.3. The summed E-state index contributed by atoms with van der Waals surface area (Å²) in [7, 11) is -0.319. The van der Waals surface area contributed by atoms with Crippen LogP contribution in [0.2, 0.25) is 6.32 Å². The zero-order chi connectivity index (χ0) is 26.3. The summed E-state index contributed by atoms with van der Waals surface area (Å²) in [5, 5.41) is 0. The van der Waals surface area contributed by atoms with Crippen LogP contribution in [0.4, 0.5) is 4.79 Å². The maximum Gasteiger partial charge on any atom is 0.457 e. The Bertz CT molecular complexity index is 850. The average Bonchev–Trinajstić information content (AvgIpc) is 2.96. The van der Waals surface area contributed by atoms with E-state index in [9.17, 15) is 9.59 Å². The molecule has 1 heterocycles. The van der Waals surface area contributed by atoms with Gasteiger partial charge in [0.25, 0.3) is 0 Å². The van der Waals surface area contributed by atoms with Crippen LogP contribution >= 0.6 is 0 Å². The van der Waals surface area contributed by atoms with Crippen LogP contribution in [0.5, 0.6) is 0 Å². The Morgan fingerprint density at radius 3 is 2.26 bits per heavy atom. The van der Waals surface area contributed by atoms with Gasteiger partial charge in [-0.05, 0) is 79.2 Å². The molecule has 0 saturated carbocycles. The summed E-state index contributed by atoms with van der Waals surface area (Å²) in [6.07, 6.45) is 2.56. The Labute approximate surface area is 210 Å². The van der Waals surface area contributed by atoms with Gasteiger partial charge in [-0.1, -0.05) is 36.8 Å². The van der Waals surface area contributed by atoms with E-state index in [-0.39, 0.29) is 26.2 Å². The van der Waals surface area contributed by atoms with Crippen LogP contribution in [0.25, 0.3) is 0 Å². The van der Waals surface area contributed by atoms with Gasteiger partial charge in [-0.3, -0.25) is 4.79 Å². The molecule has 35 heavy (non-hydrogen) atoms. The second-order valence-corrected chi connectivity index (χ2v) is 11.0. The molecule has 9 heteroatoms. The van der Waals surface area contributed by atoms with Crippen molar-refractivity contribution in [2.45, 2.75) is 91.0 Å². The van der Waals surface area contributed by atoms with Gasteiger partial charge in [-0.2, -0.15) is 4.99 Å². The molecule has 1 fully saturated rings. The molecule has 0 aromatic heterocycles. The number of carbonyl (C=O) groups is 2. The van der Waals surface area contributed by atoms with Crippen molar-refractivity contribution < 1.29 is 28.4 Å². The minimum absolute atomic E-state index is 0.0997. The number of rotatable bonds is 10. The summed E-state index contributed by atoms with van der Waals surface area (Å²) >= 11 is 0. The fourth-order valence-electron chi connectivity index (χ4n) is 3.72. The second kappa shape index (κ2) is 12.1. The van der Waals surface area contributed by atoms with E-state index in [0.717, 1.165) is 12.0 Å². The lowest BCUT2D eigenvalue weighted by molar-refractivity contribution is -0.158. The van der Waals surface area contributed by atoms with Crippen molar-refractivity contribution in [3.05, 3.63) is 35.9 Å². The average molecular weight is 488 g/mol. The highest BCUT2D eigenvalue weighted by Gasteiger charge is 2.50. The maximum absolute atomic E-state index is 13.0. The third kappa shape index (κ3) is 9.06. The van der Waals surface area contributed by atoms with Gasteiger partial charge in [0.15, 0.2) is 0 Å². The fraction of sp³-hybridized carbons (Fsp3) is 0.654. The number of carbonyl (C=O) groups excluding carboxylic acids is 2. The Balaban J connectivity index is 2.01. The Kier molecular flexibility index (Phi) is 10.1. The van der Waals surface area contributed by atoms with Crippen molar-refractivity contribution in [1.82, 2.24) is 0 Å². The molecule has 8 nitrogen and oxygen atoms in total. The van der Waals surface area contributed by atoms with E-state index in [1.54, 1.807) is 20.8 Å². The van der Waals surface area contributed by atoms with Crippen LogP contribution in [0.15, 0.2) is 35.3 Å². The van der Waals surface area contributed by atoms with Gasteiger partial charge in [0.2, 0.25) is 0 Å². The van der Waals surface area contributed by atoms with E-state index in [0.29, 0.717) is 12.7 Å². The molecule has 0 bridgehead atoms. The number of ether oxygens (including phenoxy) is 2. The summed E-state index contributed by atoms with van der Waals surface area (Å²) < 4.78 is 22.9. The molecule has 1 saturated heterocycles. The minimum atomic E-state index is -0.776. The predicted octanol–water partition coefficient (Wildman–Crippen LogP) is 4.80. The monoisotopic (exact) mass is 488 g/mol. The van der Waals surface area contributed by atoms with Crippen LogP contribution in [0, 0.1) is 11.8 Å². The first-order valence-electron chi connectivity index (χ1n) is 12.3. The highest BCUT2D eigenvalue weighted by atomic mass is 16.7. The van der Waals surface area contributed by atoms with Crippen molar-refractivity contribution in [3.8, 4) is 0 Å². The Morgan fingerprint density at radius 1 is 1.11 bits per heavy atom. The van der Waals surface area contributed by atoms with Crippen LogP contribution < -0.4 is 5.73 Å². The van der Waals surface area contributed by atoms with Gasteiger partial charge in [-0.15, -0.1) is 0 Å². The van der Waals surface area contributed by atoms with E-state index < -0.39 is 34.8 Å². The molecule has 1 unspecified atom stereocenters. The summed E-state index contributed by atoms with van der Waals surface area (Å²) in [6, 6.07) is 9.31. The van der Waals surface area contributed by atoms with E-state index in [1.165, 1.54) is 6.21 Å². The van der Waals surface area contributed by atoms with E-state index >= 15 is 0 Å². The minimum Gasteiger partial charge on any atom is -0.459 e. The molecule has 2 rings (SSSR count). The topological polar surface area (TPSA) is 109 Å². The molecule has 194 valence electrons. The number of hydrogen-bond acceptors (Lipinski definition) is 7. The molecule has 1 aliphatic heterocycles. The van der Waals surface area contributed by atoms with Gasteiger partial charge < -0.3 is 24.5 Å². The lowest BCUT2D eigenvalue weighted by Gasteiger charge is -2.32. The SMILES string of the molecule is CC(C)(C)OC(=O)C(/C=N/C(=O)OCc1ccccc1)[C@H](CN)CCCB1OC(C)(C)C(C)(C)O1. The third-order valence-electron chi connectivity index (χ3n) is 6.35.